The molecule has 130 valence electrons. The highest BCUT2D eigenvalue weighted by Gasteiger charge is 2.06. The number of nitrogens with zero attached hydrogens (tertiary/aromatic N) is 3. The summed E-state index contributed by atoms with van der Waals surface area (Å²) < 4.78 is 1.80. The first-order valence-corrected chi connectivity index (χ1v) is 9.24. The van der Waals surface area contributed by atoms with Gasteiger partial charge in [-0.15, -0.1) is 11.3 Å². The van der Waals surface area contributed by atoms with Crippen LogP contribution in [0.25, 0.3) is 11.3 Å². The average molecular weight is 354 g/mol. The van der Waals surface area contributed by atoms with Gasteiger partial charge in [0.1, 0.15) is 0 Å². The number of nitrogens with one attached hydrogen (secondary N) is 1. The van der Waals surface area contributed by atoms with Crippen LogP contribution >= 0.6 is 11.3 Å². The Morgan fingerprint density at radius 2 is 2.04 bits per heavy atom. The molecule has 3 rings (SSSR count). The molecule has 2 heterocycles. The van der Waals surface area contributed by atoms with Crippen molar-refractivity contribution >= 4 is 17.2 Å². The van der Waals surface area contributed by atoms with E-state index in [-0.39, 0.29) is 5.91 Å². The monoisotopic (exact) mass is 354 g/mol. The lowest BCUT2D eigenvalue weighted by Crippen LogP contribution is -2.26. The van der Waals surface area contributed by atoms with Gasteiger partial charge in [0.15, 0.2) is 0 Å². The molecule has 1 N–H and O–H groups in total. The zero-order valence-electron chi connectivity index (χ0n) is 14.5. The van der Waals surface area contributed by atoms with Gasteiger partial charge in [0, 0.05) is 30.7 Å². The maximum absolute atomic E-state index is 12.0. The van der Waals surface area contributed by atoms with Crippen LogP contribution in [-0.4, -0.2) is 27.2 Å². The second-order valence-electron chi connectivity index (χ2n) is 6.10. The predicted molar refractivity (Wildman–Crippen MR) is 101 cm³/mol. The molecule has 0 fully saturated rings. The summed E-state index contributed by atoms with van der Waals surface area (Å²) in [4.78, 5) is 16.5. The number of carbonyl (C=O) groups excluding carboxylic acids is 1. The first-order valence-electron chi connectivity index (χ1n) is 8.36. The van der Waals surface area contributed by atoms with Gasteiger partial charge in [-0.25, -0.2) is 4.98 Å². The number of hydrogen-bond donors (Lipinski definition) is 1. The molecule has 0 bridgehead atoms. The third kappa shape index (κ3) is 5.00. The van der Waals surface area contributed by atoms with Gasteiger partial charge < -0.3 is 5.32 Å². The first-order chi connectivity index (χ1) is 12.1. The summed E-state index contributed by atoms with van der Waals surface area (Å²) in [5.74, 6) is 0.0587. The highest BCUT2D eigenvalue weighted by molar-refractivity contribution is 7.09. The fourth-order valence-corrected chi connectivity index (χ4v) is 3.28. The summed E-state index contributed by atoms with van der Waals surface area (Å²) >= 11 is 1.64. The number of aromatic nitrogens is 3. The second-order valence-corrected chi connectivity index (χ2v) is 7.16. The topological polar surface area (TPSA) is 59.8 Å². The third-order valence-electron chi connectivity index (χ3n) is 3.96. The minimum Gasteiger partial charge on any atom is -0.356 e. The number of amides is 1. The number of rotatable bonds is 7. The van der Waals surface area contributed by atoms with Crippen molar-refractivity contribution in [3.8, 4) is 11.3 Å². The van der Waals surface area contributed by atoms with E-state index in [9.17, 15) is 4.79 Å². The van der Waals surface area contributed by atoms with Crippen molar-refractivity contribution in [2.45, 2.75) is 26.2 Å². The van der Waals surface area contributed by atoms with Gasteiger partial charge in [-0.05, 0) is 30.9 Å². The standard InChI is InChI=1S/C19H22N4OS/c1-14-22-18(13-25-14)17-7-5-15(6-8-17)10-19(24)20-9-3-4-16-11-21-23(2)12-16/h5-8,11-13H,3-4,9-10H2,1-2H3,(H,20,24). The molecular weight excluding hydrogens is 332 g/mol. The summed E-state index contributed by atoms with van der Waals surface area (Å²) in [6.07, 6.45) is 6.12. The predicted octanol–water partition coefficient (Wildman–Crippen LogP) is 3.14. The molecule has 6 heteroatoms. The largest absolute Gasteiger partial charge is 0.356 e. The van der Waals surface area contributed by atoms with E-state index in [0.29, 0.717) is 13.0 Å². The zero-order valence-corrected chi connectivity index (χ0v) is 15.3. The third-order valence-corrected chi connectivity index (χ3v) is 4.73. The van der Waals surface area contributed by atoms with E-state index in [0.717, 1.165) is 34.7 Å². The van der Waals surface area contributed by atoms with Crippen LogP contribution in [0.1, 0.15) is 22.6 Å². The summed E-state index contributed by atoms with van der Waals surface area (Å²) in [7, 11) is 1.91. The van der Waals surface area contributed by atoms with Crippen LogP contribution < -0.4 is 5.32 Å². The summed E-state index contributed by atoms with van der Waals surface area (Å²) in [6.45, 7) is 2.69. The first kappa shape index (κ1) is 17.4. The van der Waals surface area contributed by atoms with E-state index in [4.69, 9.17) is 0 Å². The molecule has 0 saturated carbocycles. The lowest BCUT2D eigenvalue weighted by molar-refractivity contribution is -0.120. The Hall–Kier alpha value is -2.47. The van der Waals surface area contributed by atoms with Crippen molar-refractivity contribution in [1.29, 1.82) is 0 Å². The molecule has 0 unspecified atom stereocenters. The molecule has 25 heavy (non-hydrogen) atoms. The Morgan fingerprint density at radius 3 is 2.68 bits per heavy atom. The molecule has 0 spiro atoms. The van der Waals surface area contributed by atoms with Gasteiger partial charge >= 0.3 is 0 Å². The highest BCUT2D eigenvalue weighted by Crippen LogP contribution is 2.21. The normalized spacial score (nSPS) is 10.8. The number of benzene rings is 1. The Morgan fingerprint density at radius 1 is 1.24 bits per heavy atom. The van der Waals surface area contributed by atoms with Crippen LogP contribution in [0.5, 0.6) is 0 Å². The van der Waals surface area contributed by atoms with Crippen molar-refractivity contribution in [2.75, 3.05) is 6.54 Å². The minimum atomic E-state index is 0.0587. The maximum Gasteiger partial charge on any atom is 0.224 e. The van der Waals surface area contributed by atoms with E-state index in [2.05, 4.69) is 20.8 Å². The molecule has 3 aromatic rings. The van der Waals surface area contributed by atoms with Gasteiger partial charge in [-0.3, -0.25) is 9.48 Å². The summed E-state index contributed by atoms with van der Waals surface area (Å²) in [5, 5.41) is 10.2. The second kappa shape index (κ2) is 8.07. The van der Waals surface area contributed by atoms with Crippen molar-refractivity contribution in [1.82, 2.24) is 20.1 Å². The van der Waals surface area contributed by atoms with Gasteiger partial charge in [0.2, 0.25) is 5.91 Å². The molecule has 0 saturated heterocycles. The van der Waals surface area contributed by atoms with Gasteiger partial charge in [0.05, 0.1) is 23.3 Å². The molecule has 0 aliphatic heterocycles. The average Bonchev–Trinajstić information content (AvgIpc) is 3.21. The van der Waals surface area contributed by atoms with Crippen molar-refractivity contribution < 1.29 is 4.79 Å². The van der Waals surface area contributed by atoms with Crippen LogP contribution in [0, 0.1) is 6.92 Å². The number of thiazole rings is 1. The van der Waals surface area contributed by atoms with E-state index in [1.807, 2.05) is 50.6 Å². The van der Waals surface area contributed by atoms with Crippen LogP contribution in [-0.2, 0) is 24.7 Å². The van der Waals surface area contributed by atoms with Crippen molar-refractivity contribution in [3.63, 3.8) is 0 Å². The summed E-state index contributed by atoms with van der Waals surface area (Å²) in [6, 6.07) is 8.05. The van der Waals surface area contributed by atoms with Gasteiger partial charge in [-0.2, -0.15) is 5.10 Å². The lowest BCUT2D eigenvalue weighted by atomic mass is 10.1. The molecule has 1 amide bonds. The molecule has 5 nitrogen and oxygen atoms in total. The number of carbonyl (C=O) groups is 1. The lowest BCUT2D eigenvalue weighted by Gasteiger charge is -2.05. The number of hydrogen-bond acceptors (Lipinski definition) is 4. The van der Waals surface area contributed by atoms with Crippen LogP contribution in [0.2, 0.25) is 0 Å². The van der Waals surface area contributed by atoms with E-state index >= 15 is 0 Å². The quantitative estimate of drug-likeness (QED) is 0.663. The fourth-order valence-electron chi connectivity index (χ4n) is 2.66. The molecule has 0 aliphatic rings. The maximum atomic E-state index is 12.0. The molecule has 1 aromatic carbocycles. The highest BCUT2D eigenvalue weighted by atomic mass is 32.1. The summed E-state index contributed by atoms with van der Waals surface area (Å²) in [5.41, 5.74) is 4.30. The fraction of sp³-hybridized carbons (Fsp3) is 0.316. The number of aryl methyl sites for hydroxylation is 3. The van der Waals surface area contributed by atoms with Crippen LogP contribution in [0.4, 0.5) is 0 Å². The molecular formula is C19H22N4OS. The van der Waals surface area contributed by atoms with E-state index in [1.165, 1.54) is 5.56 Å². The molecule has 0 atom stereocenters. The van der Waals surface area contributed by atoms with Crippen LogP contribution in [0.15, 0.2) is 42.0 Å². The minimum absolute atomic E-state index is 0.0587. The van der Waals surface area contributed by atoms with Crippen LogP contribution in [0.3, 0.4) is 0 Å². The molecule has 0 radical (unpaired) electrons. The van der Waals surface area contributed by atoms with Gasteiger partial charge in [-0.1, -0.05) is 24.3 Å². The molecule has 2 aromatic heterocycles. The Balaban J connectivity index is 1.43. The Kier molecular flexibility index (Phi) is 5.60. The van der Waals surface area contributed by atoms with Gasteiger partial charge in [0.25, 0.3) is 0 Å². The smallest absolute Gasteiger partial charge is 0.224 e. The van der Waals surface area contributed by atoms with E-state index in [1.54, 1.807) is 16.0 Å². The Labute approximate surface area is 151 Å². The SMILES string of the molecule is Cc1nc(-c2ccc(CC(=O)NCCCc3cnn(C)c3)cc2)cs1. The zero-order chi connectivity index (χ0) is 17.6. The Bertz CT molecular complexity index is 835. The molecule has 0 aliphatic carbocycles. The van der Waals surface area contributed by atoms with Crippen molar-refractivity contribution in [2.24, 2.45) is 7.05 Å². The van der Waals surface area contributed by atoms with E-state index < -0.39 is 0 Å². The van der Waals surface area contributed by atoms with Crippen molar-refractivity contribution in [3.05, 3.63) is 58.2 Å².